The molecule has 2 unspecified atom stereocenters. The first-order valence-electron chi connectivity index (χ1n) is 6.94. The van der Waals surface area contributed by atoms with Gasteiger partial charge < -0.3 is 5.32 Å². The number of carbonyl (C=O) groups is 1. The lowest BCUT2D eigenvalue weighted by molar-refractivity contribution is -0.121. The zero-order valence-electron chi connectivity index (χ0n) is 11.2. The van der Waals surface area contributed by atoms with Crippen LogP contribution in [0.2, 0.25) is 5.02 Å². The van der Waals surface area contributed by atoms with Gasteiger partial charge in [0.2, 0.25) is 5.91 Å². The van der Waals surface area contributed by atoms with Crippen molar-refractivity contribution in [3.05, 3.63) is 34.6 Å². The summed E-state index contributed by atoms with van der Waals surface area (Å²) >= 11 is 12.2. The number of hydrogen-bond acceptors (Lipinski definition) is 1. The summed E-state index contributed by atoms with van der Waals surface area (Å²) in [7, 11) is 0. The van der Waals surface area contributed by atoms with Gasteiger partial charge in [0.25, 0.3) is 0 Å². The summed E-state index contributed by atoms with van der Waals surface area (Å²) in [6.07, 6.45) is 5.05. The van der Waals surface area contributed by atoms with E-state index in [-0.39, 0.29) is 34.3 Å². The Hall–Kier alpha value is -0.800. The smallest absolute Gasteiger partial charge is 0.224 e. The number of rotatable bonds is 3. The van der Waals surface area contributed by atoms with Gasteiger partial charge in [-0.15, -0.1) is 11.6 Å². The fourth-order valence-corrected chi connectivity index (χ4v) is 3.12. The molecule has 0 saturated heterocycles. The molecule has 0 aliphatic heterocycles. The quantitative estimate of drug-likeness (QED) is 0.660. The van der Waals surface area contributed by atoms with Crippen molar-refractivity contribution in [3.63, 3.8) is 0 Å². The van der Waals surface area contributed by atoms with E-state index in [1.54, 1.807) is 6.07 Å². The van der Waals surface area contributed by atoms with Crippen LogP contribution in [0, 0.1) is 5.82 Å². The lowest BCUT2D eigenvalue weighted by atomic mass is 10.1. The summed E-state index contributed by atoms with van der Waals surface area (Å²) < 4.78 is 13.6. The molecule has 1 fully saturated rings. The largest absolute Gasteiger partial charge is 0.352 e. The van der Waals surface area contributed by atoms with Gasteiger partial charge in [-0.25, -0.2) is 4.39 Å². The minimum absolute atomic E-state index is 0.0304. The molecule has 0 radical (unpaired) electrons. The van der Waals surface area contributed by atoms with Crippen molar-refractivity contribution in [2.45, 2.75) is 49.9 Å². The zero-order chi connectivity index (χ0) is 14.5. The van der Waals surface area contributed by atoms with Crippen molar-refractivity contribution in [2.24, 2.45) is 0 Å². The van der Waals surface area contributed by atoms with Gasteiger partial charge in [-0.3, -0.25) is 4.79 Å². The van der Waals surface area contributed by atoms with Gasteiger partial charge in [0.15, 0.2) is 0 Å². The predicted octanol–water partition coefficient (Wildman–Crippen LogP) is 4.08. The standard InChI is InChI=1S/C15H18Cl2FNO/c16-11-6-4-7-13(18)10(11)9-15(20)19-14-8-3-1-2-5-12(14)17/h4,6-7,12,14H,1-3,5,8-9H2,(H,19,20). The first-order valence-corrected chi connectivity index (χ1v) is 7.75. The lowest BCUT2D eigenvalue weighted by Crippen LogP contribution is -2.41. The van der Waals surface area contributed by atoms with E-state index in [1.807, 2.05) is 0 Å². The van der Waals surface area contributed by atoms with Crippen LogP contribution in [0.5, 0.6) is 0 Å². The Morgan fingerprint density at radius 3 is 2.80 bits per heavy atom. The van der Waals surface area contributed by atoms with E-state index in [1.165, 1.54) is 12.1 Å². The van der Waals surface area contributed by atoms with E-state index in [2.05, 4.69) is 5.32 Å². The predicted molar refractivity (Wildman–Crippen MR) is 79.8 cm³/mol. The van der Waals surface area contributed by atoms with E-state index < -0.39 is 5.82 Å². The number of benzene rings is 1. The Morgan fingerprint density at radius 1 is 1.30 bits per heavy atom. The van der Waals surface area contributed by atoms with E-state index in [0.29, 0.717) is 0 Å². The van der Waals surface area contributed by atoms with Gasteiger partial charge in [-0.05, 0) is 25.0 Å². The van der Waals surface area contributed by atoms with Gasteiger partial charge >= 0.3 is 0 Å². The van der Waals surface area contributed by atoms with Crippen LogP contribution in [-0.2, 0) is 11.2 Å². The zero-order valence-corrected chi connectivity index (χ0v) is 12.7. The van der Waals surface area contributed by atoms with Crippen molar-refractivity contribution in [2.75, 3.05) is 0 Å². The monoisotopic (exact) mass is 317 g/mol. The highest BCUT2D eigenvalue weighted by Gasteiger charge is 2.23. The number of amides is 1. The van der Waals surface area contributed by atoms with E-state index in [9.17, 15) is 9.18 Å². The molecule has 1 N–H and O–H groups in total. The molecule has 20 heavy (non-hydrogen) atoms. The molecule has 1 aliphatic rings. The summed E-state index contributed by atoms with van der Waals surface area (Å²) in [6.45, 7) is 0. The minimum Gasteiger partial charge on any atom is -0.352 e. The molecule has 5 heteroatoms. The summed E-state index contributed by atoms with van der Waals surface area (Å²) in [5.74, 6) is -0.675. The van der Waals surface area contributed by atoms with E-state index >= 15 is 0 Å². The molecule has 0 spiro atoms. The molecule has 2 nitrogen and oxygen atoms in total. The molecule has 1 aliphatic carbocycles. The van der Waals surface area contributed by atoms with Crippen LogP contribution in [0.15, 0.2) is 18.2 Å². The van der Waals surface area contributed by atoms with E-state index in [0.717, 1.165) is 32.1 Å². The second-order valence-electron chi connectivity index (χ2n) is 5.20. The topological polar surface area (TPSA) is 29.1 Å². The normalized spacial score (nSPS) is 23.1. The molecule has 1 aromatic rings. The second kappa shape index (κ2) is 7.28. The van der Waals surface area contributed by atoms with Crippen molar-refractivity contribution < 1.29 is 9.18 Å². The Morgan fingerprint density at radius 2 is 2.05 bits per heavy atom. The van der Waals surface area contributed by atoms with Crippen molar-refractivity contribution in [3.8, 4) is 0 Å². The molecule has 1 amide bonds. The highest BCUT2D eigenvalue weighted by Crippen LogP contribution is 2.23. The average molecular weight is 318 g/mol. The molecule has 0 heterocycles. The maximum absolute atomic E-state index is 13.6. The fourth-order valence-electron chi connectivity index (χ4n) is 2.54. The van der Waals surface area contributed by atoms with Crippen LogP contribution in [0.25, 0.3) is 0 Å². The Bertz CT molecular complexity index is 461. The van der Waals surface area contributed by atoms with Gasteiger partial charge in [-0.1, -0.05) is 36.9 Å². The third-order valence-corrected chi connectivity index (χ3v) is 4.55. The van der Waals surface area contributed by atoms with Crippen LogP contribution < -0.4 is 5.32 Å². The number of carbonyl (C=O) groups excluding carboxylic acids is 1. The number of nitrogens with one attached hydrogen (secondary N) is 1. The third-order valence-electron chi connectivity index (χ3n) is 3.68. The molecule has 1 aromatic carbocycles. The van der Waals surface area contributed by atoms with Gasteiger partial charge in [0, 0.05) is 16.6 Å². The van der Waals surface area contributed by atoms with Gasteiger partial charge in [-0.2, -0.15) is 0 Å². The molecule has 110 valence electrons. The molecule has 0 aromatic heterocycles. The van der Waals surface area contributed by atoms with Crippen LogP contribution in [0.4, 0.5) is 4.39 Å². The van der Waals surface area contributed by atoms with Crippen molar-refractivity contribution >= 4 is 29.1 Å². The van der Waals surface area contributed by atoms with E-state index in [4.69, 9.17) is 23.2 Å². The molecule has 2 atom stereocenters. The second-order valence-corrected chi connectivity index (χ2v) is 6.17. The maximum atomic E-state index is 13.6. The molecule has 2 rings (SSSR count). The number of halogens is 3. The SMILES string of the molecule is O=C(Cc1c(F)cccc1Cl)NC1CCCCCC1Cl. The number of alkyl halides is 1. The highest BCUT2D eigenvalue weighted by atomic mass is 35.5. The Labute approximate surface area is 128 Å². The summed E-state index contributed by atoms with van der Waals surface area (Å²) in [6, 6.07) is 4.39. The Balaban J connectivity index is 1.98. The minimum atomic E-state index is -0.448. The molecule has 1 saturated carbocycles. The number of hydrogen-bond donors (Lipinski definition) is 1. The highest BCUT2D eigenvalue weighted by molar-refractivity contribution is 6.31. The van der Waals surface area contributed by atoms with Gasteiger partial charge in [0.05, 0.1) is 11.8 Å². The average Bonchev–Trinajstić information content (AvgIpc) is 2.60. The summed E-state index contributed by atoms with van der Waals surface area (Å²) in [5.41, 5.74) is 0.242. The van der Waals surface area contributed by atoms with Gasteiger partial charge in [0.1, 0.15) is 5.82 Å². The van der Waals surface area contributed by atoms with Crippen LogP contribution in [-0.4, -0.2) is 17.3 Å². The van der Waals surface area contributed by atoms with Crippen molar-refractivity contribution in [1.82, 2.24) is 5.32 Å². The van der Waals surface area contributed by atoms with Crippen LogP contribution >= 0.6 is 23.2 Å². The molecule has 0 bridgehead atoms. The van der Waals surface area contributed by atoms with Crippen molar-refractivity contribution in [1.29, 1.82) is 0 Å². The molecular formula is C15H18Cl2FNO. The maximum Gasteiger partial charge on any atom is 0.224 e. The third kappa shape index (κ3) is 4.10. The first kappa shape index (κ1) is 15.6. The first-order chi connectivity index (χ1) is 9.58. The lowest BCUT2D eigenvalue weighted by Gasteiger charge is -2.21. The molecular weight excluding hydrogens is 300 g/mol. The summed E-state index contributed by atoms with van der Waals surface area (Å²) in [4.78, 5) is 12.0. The fraction of sp³-hybridized carbons (Fsp3) is 0.533. The summed E-state index contributed by atoms with van der Waals surface area (Å²) in [5, 5.41) is 3.15. The van der Waals surface area contributed by atoms with Crippen LogP contribution in [0.1, 0.15) is 37.7 Å². The Kier molecular flexibility index (Phi) is 5.67. The van der Waals surface area contributed by atoms with Crippen LogP contribution in [0.3, 0.4) is 0 Å².